The van der Waals surface area contributed by atoms with Crippen molar-refractivity contribution in [2.24, 2.45) is 5.73 Å². The Kier molecular flexibility index (Phi) is 4.91. The SMILES string of the molecule is NCC#Cc1ccc(NC(=O)Nc2ccc(F)cc2)cc1. The number of hydrogen-bond acceptors (Lipinski definition) is 2. The number of rotatable bonds is 2. The molecule has 0 aliphatic heterocycles. The summed E-state index contributed by atoms with van der Waals surface area (Å²) in [6, 6.07) is 12.2. The molecule has 0 atom stereocenters. The van der Waals surface area contributed by atoms with E-state index in [0.717, 1.165) is 5.56 Å². The molecule has 4 nitrogen and oxygen atoms in total. The van der Waals surface area contributed by atoms with E-state index < -0.39 is 6.03 Å². The van der Waals surface area contributed by atoms with Crippen LogP contribution in [0.4, 0.5) is 20.6 Å². The lowest BCUT2D eigenvalue weighted by Gasteiger charge is -2.07. The molecule has 0 aromatic heterocycles. The molecule has 2 amide bonds. The van der Waals surface area contributed by atoms with E-state index in [-0.39, 0.29) is 5.82 Å². The number of halogens is 1. The van der Waals surface area contributed by atoms with Gasteiger partial charge < -0.3 is 16.4 Å². The number of anilines is 2. The molecule has 106 valence electrons. The van der Waals surface area contributed by atoms with Crippen molar-refractivity contribution in [2.75, 3.05) is 17.2 Å². The van der Waals surface area contributed by atoms with Gasteiger partial charge in [0.15, 0.2) is 0 Å². The summed E-state index contributed by atoms with van der Waals surface area (Å²) in [6.07, 6.45) is 0. The molecule has 0 fully saturated rings. The molecule has 21 heavy (non-hydrogen) atoms. The molecule has 2 aromatic carbocycles. The van der Waals surface area contributed by atoms with Crippen molar-refractivity contribution in [1.82, 2.24) is 0 Å². The standard InChI is InChI=1S/C16H14FN3O/c17-13-5-9-15(10-6-13)20-16(21)19-14-7-3-12(4-8-14)2-1-11-18/h3-10H,11,18H2,(H2,19,20,21). The maximum Gasteiger partial charge on any atom is 0.323 e. The van der Waals surface area contributed by atoms with Crippen LogP contribution in [0.2, 0.25) is 0 Å². The molecule has 0 unspecified atom stereocenters. The number of nitrogens with one attached hydrogen (secondary N) is 2. The van der Waals surface area contributed by atoms with Crippen LogP contribution in [0.15, 0.2) is 48.5 Å². The summed E-state index contributed by atoms with van der Waals surface area (Å²) in [5, 5.41) is 5.28. The third-order valence-electron chi connectivity index (χ3n) is 2.58. The van der Waals surface area contributed by atoms with Crippen LogP contribution in [0.25, 0.3) is 0 Å². The minimum absolute atomic E-state index is 0.306. The second-order valence-corrected chi connectivity index (χ2v) is 4.17. The van der Waals surface area contributed by atoms with E-state index in [4.69, 9.17) is 5.73 Å². The van der Waals surface area contributed by atoms with E-state index in [1.165, 1.54) is 24.3 Å². The first-order valence-electron chi connectivity index (χ1n) is 6.30. The molecule has 2 aromatic rings. The molecule has 0 aliphatic carbocycles. The Hall–Kier alpha value is -2.84. The van der Waals surface area contributed by atoms with Gasteiger partial charge in [-0.25, -0.2) is 9.18 Å². The second-order valence-electron chi connectivity index (χ2n) is 4.17. The number of benzene rings is 2. The van der Waals surface area contributed by atoms with Gasteiger partial charge in [0.25, 0.3) is 0 Å². The lowest BCUT2D eigenvalue weighted by Crippen LogP contribution is -2.19. The topological polar surface area (TPSA) is 67.1 Å². The van der Waals surface area contributed by atoms with E-state index in [2.05, 4.69) is 22.5 Å². The van der Waals surface area contributed by atoms with E-state index in [9.17, 15) is 9.18 Å². The summed E-state index contributed by atoms with van der Waals surface area (Å²) >= 11 is 0. The van der Waals surface area contributed by atoms with Gasteiger partial charge in [-0.1, -0.05) is 11.8 Å². The summed E-state index contributed by atoms with van der Waals surface area (Å²) in [4.78, 5) is 11.8. The van der Waals surface area contributed by atoms with Crippen molar-refractivity contribution < 1.29 is 9.18 Å². The number of nitrogens with two attached hydrogens (primary N) is 1. The van der Waals surface area contributed by atoms with Gasteiger partial charge in [0.1, 0.15) is 5.82 Å². The lowest BCUT2D eigenvalue weighted by molar-refractivity contribution is 0.262. The smallest absolute Gasteiger partial charge is 0.320 e. The maximum atomic E-state index is 12.8. The van der Waals surface area contributed by atoms with Crippen molar-refractivity contribution in [3.8, 4) is 11.8 Å². The molecule has 2 rings (SSSR count). The molecule has 0 spiro atoms. The maximum absolute atomic E-state index is 12.8. The second kappa shape index (κ2) is 7.08. The van der Waals surface area contributed by atoms with Crippen molar-refractivity contribution in [1.29, 1.82) is 0 Å². The van der Waals surface area contributed by atoms with Gasteiger partial charge in [0.2, 0.25) is 0 Å². The molecular weight excluding hydrogens is 269 g/mol. The van der Waals surface area contributed by atoms with Gasteiger partial charge in [-0.05, 0) is 48.5 Å². The average molecular weight is 283 g/mol. The normalized spacial score (nSPS) is 9.43. The van der Waals surface area contributed by atoms with Gasteiger partial charge in [-0.2, -0.15) is 0 Å². The van der Waals surface area contributed by atoms with Crippen molar-refractivity contribution in [3.05, 3.63) is 59.9 Å². The summed E-state index contributed by atoms with van der Waals surface area (Å²) in [7, 11) is 0. The Bertz CT molecular complexity index is 669. The number of hydrogen-bond donors (Lipinski definition) is 3. The number of carbonyl (C=O) groups is 1. The first-order valence-corrected chi connectivity index (χ1v) is 6.30. The molecule has 0 saturated carbocycles. The third-order valence-corrected chi connectivity index (χ3v) is 2.58. The molecule has 0 radical (unpaired) electrons. The highest BCUT2D eigenvalue weighted by Gasteiger charge is 2.02. The van der Waals surface area contributed by atoms with Crippen LogP contribution in [0.3, 0.4) is 0 Å². The Labute approximate surface area is 122 Å². The minimum atomic E-state index is -0.401. The van der Waals surface area contributed by atoms with Gasteiger partial charge in [0, 0.05) is 16.9 Å². The van der Waals surface area contributed by atoms with Gasteiger partial charge in [0.05, 0.1) is 6.54 Å². The van der Waals surface area contributed by atoms with Crippen molar-refractivity contribution in [2.45, 2.75) is 0 Å². The van der Waals surface area contributed by atoms with Crippen LogP contribution in [0.5, 0.6) is 0 Å². The Balaban J connectivity index is 1.94. The first-order chi connectivity index (χ1) is 10.2. The highest BCUT2D eigenvalue weighted by atomic mass is 19.1. The highest BCUT2D eigenvalue weighted by Crippen LogP contribution is 2.11. The van der Waals surface area contributed by atoms with E-state index >= 15 is 0 Å². The van der Waals surface area contributed by atoms with Gasteiger partial charge in [-0.15, -0.1) is 0 Å². The predicted octanol–water partition coefficient (Wildman–Crippen LogP) is 2.78. The fourth-order valence-electron chi connectivity index (χ4n) is 1.62. The molecule has 5 heteroatoms. The molecule has 0 bridgehead atoms. The predicted molar refractivity (Wildman–Crippen MR) is 81.4 cm³/mol. The Morgan fingerprint density at radius 1 is 1.00 bits per heavy atom. The van der Waals surface area contributed by atoms with Crippen molar-refractivity contribution >= 4 is 17.4 Å². The molecular formula is C16H14FN3O. The minimum Gasteiger partial charge on any atom is -0.320 e. The van der Waals surface area contributed by atoms with Crippen LogP contribution >= 0.6 is 0 Å². The van der Waals surface area contributed by atoms with Crippen LogP contribution in [-0.2, 0) is 0 Å². The summed E-state index contributed by atoms with van der Waals surface area (Å²) in [5.41, 5.74) is 7.26. The quantitative estimate of drug-likeness (QED) is 0.742. The summed E-state index contributed by atoms with van der Waals surface area (Å²) in [6.45, 7) is 0.306. The zero-order valence-electron chi connectivity index (χ0n) is 11.2. The highest BCUT2D eigenvalue weighted by molar-refractivity contribution is 5.99. The van der Waals surface area contributed by atoms with Gasteiger partial charge >= 0.3 is 6.03 Å². The van der Waals surface area contributed by atoms with E-state index in [0.29, 0.717) is 17.9 Å². The third kappa shape index (κ3) is 4.64. The molecule has 0 heterocycles. The molecule has 0 aliphatic rings. The van der Waals surface area contributed by atoms with Crippen LogP contribution < -0.4 is 16.4 Å². The average Bonchev–Trinajstić information content (AvgIpc) is 2.49. The zero-order chi connectivity index (χ0) is 15.1. The lowest BCUT2D eigenvalue weighted by atomic mass is 10.2. The first kappa shape index (κ1) is 14.6. The van der Waals surface area contributed by atoms with E-state index in [1.807, 2.05) is 0 Å². The summed E-state index contributed by atoms with van der Waals surface area (Å²) in [5.74, 6) is 5.29. The van der Waals surface area contributed by atoms with Crippen LogP contribution in [0.1, 0.15) is 5.56 Å². The molecule has 0 saturated heterocycles. The monoisotopic (exact) mass is 283 g/mol. The van der Waals surface area contributed by atoms with Crippen LogP contribution in [-0.4, -0.2) is 12.6 Å². The zero-order valence-corrected chi connectivity index (χ0v) is 11.2. The molecule has 4 N–H and O–H groups in total. The fraction of sp³-hybridized carbons (Fsp3) is 0.0625. The largest absolute Gasteiger partial charge is 0.323 e. The fourth-order valence-corrected chi connectivity index (χ4v) is 1.62. The Morgan fingerprint density at radius 3 is 2.05 bits per heavy atom. The van der Waals surface area contributed by atoms with Crippen molar-refractivity contribution in [3.63, 3.8) is 0 Å². The number of amides is 2. The summed E-state index contributed by atoms with van der Waals surface area (Å²) < 4.78 is 12.8. The van der Waals surface area contributed by atoms with Gasteiger partial charge in [-0.3, -0.25) is 0 Å². The van der Waals surface area contributed by atoms with E-state index in [1.54, 1.807) is 24.3 Å². The number of urea groups is 1. The number of carbonyl (C=O) groups excluding carboxylic acids is 1. The van der Waals surface area contributed by atoms with Crippen LogP contribution in [0, 0.1) is 17.7 Å². The Morgan fingerprint density at radius 2 is 1.52 bits per heavy atom.